The molecule has 0 saturated heterocycles. The lowest BCUT2D eigenvalue weighted by Gasteiger charge is -2.23. The van der Waals surface area contributed by atoms with Crippen molar-refractivity contribution in [2.24, 2.45) is 4.99 Å². The van der Waals surface area contributed by atoms with Gasteiger partial charge in [0.05, 0.1) is 11.6 Å². The molecular weight excluding hydrogens is 469 g/mol. The number of hydrogen-bond acceptors (Lipinski definition) is 4. The number of aryl methyl sites for hydroxylation is 1. The number of aliphatic imine (C=N–C) groups is 1. The van der Waals surface area contributed by atoms with Crippen LogP contribution in [0.2, 0.25) is 0 Å². The molecule has 27 heavy (non-hydrogen) atoms. The van der Waals surface area contributed by atoms with E-state index in [4.69, 9.17) is 4.99 Å². The summed E-state index contributed by atoms with van der Waals surface area (Å²) in [4.78, 5) is 12.7. The Labute approximate surface area is 184 Å². The molecule has 2 rings (SSSR count). The van der Waals surface area contributed by atoms with Crippen LogP contribution in [0.3, 0.4) is 0 Å². The van der Waals surface area contributed by atoms with Crippen LogP contribution in [0, 0.1) is 6.92 Å². The molecule has 0 bridgehead atoms. The van der Waals surface area contributed by atoms with Gasteiger partial charge in [0, 0.05) is 36.6 Å². The van der Waals surface area contributed by atoms with Gasteiger partial charge in [-0.1, -0.05) is 30.3 Å². The third-order valence-electron chi connectivity index (χ3n) is 4.15. The maximum Gasteiger partial charge on any atom is 0.191 e. The highest BCUT2D eigenvalue weighted by atomic mass is 127. The predicted molar refractivity (Wildman–Crippen MR) is 128 cm³/mol. The van der Waals surface area contributed by atoms with E-state index in [0.717, 1.165) is 38.4 Å². The zero-order valence-electron chi connectivity index (χ0n) is 16.7. The fourth-order valence-electron chi connectivity index (χ4n) is 2.64. The Morgan fingerprint density at radius 2 is 1.96 bits per heavy atom. The van der Waals surface area contributed by atoms with Crippen LogP contribution in [0.5, 0.6) is 0 Å². The average molecular weight is 501 g/mol. The van der Waals surface area contributed by atoms with Gasteiger partial charge >= 0.3 is 0 Å². The fourth-order valence-corrected chi connectivity index (χ4v) is 3.43. The number of rotatable bonds is 9. The second-order valence-electron chi connectivity index (χ2n) is 6.57. The highest BCUT2D eigenvalue weighted by Crippen LogP contribution is 2.11. The largest absolute Gasteiger partial charge is 0.357 e. The molecule has 0 aliphatic heterocycles. The second-order valence-corrected chi connectivity index (χ2v) is 7.89. The lowest BCUT2D eigenvalue weighted by atomic mass is 10.1. The third kappa shape index (κ3) is 9.03. The van der Waals surface area contributed by atoms with Gasteiger partial charge in [-0.2, -0.15) is 0 Å². The summed E-state index contributed by atoms with van der Waals surface area (Å²) in [5, 5.41) is 7.93. The fraction of sp³-hybridized carbons (Fsp3) is 0.500. The zero-order valence-corrected chi connectivity index (χ0v) is 19.9. The van der Waals surface area contributed by atoms with Crippen LogP contribution in [0.1, 0.15) is 22.4 Å². The minimum Gasteiger partial charge on any atom is -0.357 e. The Bertz CT molecular complexity index is 672. The Balaban J connectivity index is 0.00000364. The van der Waals surface area contributed by atoms with Gasteiger partial charge in [0.15, 0.2) is 5.96 Å². The predicted octanol–water partition coefficient (Wildman–Crippen LogP) is 3.34. The molecule has 1 aromatic carbocycles. The second kappa shape index (κ2) is 13.1. The summed E-state index contributed by atoms with van der Waals surface area (Å²) >= 11 is 1.76. The Kier molecular flexibility index (Phi) is 11.5. The maximum absolute atomic E-state index is 4.80. The number of thiazole rings is 1. The molecule has 2 aromatic rings. The van der Waals surface area contributed by atoms with Crippen molar-refractivity contribution in [2.45, 2.75) is 32.7 Å². The minimum atomic E-state index is 0. The molecule has 7 heteroatoms. The van der Waals surface area contributed by atoms with E-state index in [1.165, 1.54) is 15.4 Å². The van der Waals surface area contributed by atoms with Gasteiger partial charge in [0.25, 0.3) is 0 Å². The molecule has 1 unspecified atom stereocenters. The van der Waals surface area contributed by atoms with Crippen molar-refractivity contribution in [2.75, 3.05) is 33.7 Å². The van der Waals surface area contributed by atoms with Crippen molar-refractivity contribution < 1.29 is 0 Å². The summed E-state index contributed by atoms with van der Waals surface area (Å²) in [5.74, 6) is 0.876. The van der Waals surface area contributed by atoms with Crippen molar-refractivity contribution in [1.29, 1.82) is 0 Å². The first-order valence-electron chi connectivity index (χ1n) is 9.22. The molecule has 2 N–H and O–H groups in total. The quantitative estimate of drug-likeness (QED) is 0.315. The molecule has 0 saturated carbocycles. The summed E-state index contributed by atoms with van der Waals surface area (Å²) in [5.41, 5.74) is 1.35. The third-order valence-corrected chi connectivity index (χ3v) is 5.12. The average Bonchev–Trinajstić information content (AvgIpc) is 3.04. The highest BCUT2D eigenvalue weighted by molar-refractivity contribution is 14.0. The minimum absolute atomic E-state index is 0. The van der Waals surface area contributed by atoms with E-state index in [9.17, 15) is 0 Å². The Morgan fingerprint density at radius 3 is 2.56 bits per heavy atom. The Hall–Kier alpha value is -1.19. The van der Waals surface area contributed by atoms with Gasteiger partial charge in [-0.3, -0.25) is 4.99 Å². The van der Waals surface area contributed by atoms with Gasteiger partial charge in [0.2, 0.25) is 0 Å². The smallest absolute Gasteiger partial charge is 0.191 e. The van der Waals surface area contributed by atoms with E-state index in [1.807, 2.05) is 6.20 Å². The summed E-state index contributed by atoms with van der Waals surface area (Å²) in [6, 6.07) is 11.0. The van der Waals surface area contributed by atoms with Crippen LogP contribution in [-0.4, -0.2) is 55.6 Å². The lowest BCUT2D eigenvalue weighted by Crippen LogP contribution is -2.40. The SMILES string of the molecule is CCNC(=NCC(Cc1ccccc1)N(C)C)NCCc1ncc(C)s1.I. The molecule has 0 aliphatic rings. The lowest BCUT2D eigenvalue weighted by molar-refractivity contribution is 0.298. The number of nitrogens with one attached hydrogen (secondary N) is 2. The summed E-state index contributed by atoms with van der Waals surface area (Å²) in [6.07, 6.45) is 3.85. The Morgan fingerprint density at radius 1 is 1.22 bits per heavy atom. The van der Waals surface area contributed by atoms with Crippen LogP contribution in [0.4, 0.5) is 0 Å². The van der Waals surface area contributed by atoms with Crippen LogP contribution < -0.4 is 10.6 Å². The van der Waals surface area contributed by atoms with Gasteiger partial charge in [-0.15, -0.1) is 35.3 Å². The molecule has 0 aliphatic carbocycles. The molecule has 0 radical (unpaired) electrons. The van der Waals surface area contributed by atoms with Crippen LogP contribution in [0.25, 0.3) is 0 Å². The molecule has 1 heterocycles. The van der Waals surface area contributed by atoms with Crippen molar-refractivity contribution in [3.8, 4) is 0 Å². The summed E-state index contributed by atoms with van der Waals surface area (Å²) in [6.45, 7) is 6.63. The molecule has 1 aromatic heterocycles. The zero-order chi connectivity index (χ0) is 18.8. The number of guanidine groups is 1. The van der Waals surface area contributed by atoms with Gasteiger partial charge in [0.1, 0.15) is 0 Å². The van der Waals surface area contributed by atoms with Crippen molar-refractivity contribution >= 4 is 41.3 Å². The first-order chi connectivity index (χ1) is 12.6. The van der Waals surface area contributed by atoms with Crippen LogP contribution in [-0.2, 0) is 12.8 Å². The number of nitrogens with zero attached hydrogens (tertiary/aromatic N) is 3. The number of halogens is 1. The van der Waals surface area contributed by atoms with Crippen molar-refractivity contribution in [3.05, 3.63) is 52.0 Å². The molecule has 5 nitrogen and oxygen atoms in total. The van der Waals surface area contributed by atoms with E-state index in [-0.39, 0.29) is 24.0 Å². The number of likely N-dealkylation sites (N-methyl/N-ethyl adjacent to an activating group) is 1. The normalized spacial score (nSPS) is 12.6. The number of aromatic nitrogens is 1. The van der Waals surface area contributed by atoms with E-state index < -0.39 is 0 Å². The molecule has 0 spiro atoms. The van der Waals surface area contributed by atoms with Crippen LogP contribution >= 0.6 is 35.3 Å². The summed E-state index contributed by atoms with van der Waals surface area (Å²) in [7, 11) is 4.24. The maximum atomic E-state index is 4.80. The molecule has 0 amide bonds. The first-order valence-corrected chi connectivity index (χ1v) is 10.0. The number of hydrogen-bond donors (Lipinski definition) is 2. The number of benzene rings is 1. The van der Waals surface area contributed by atoms with E-state index in [1.54, 1.807) is 11.3 Å². The van der Waals surface area contributed by atoms with E-state index >= 15 is 0 Å². The van der Waals surface area contributed by atoms with Gasteiger partial charge < -0.3 is 15.5 Å². The standard InChI is InChI=1S/C20H31N5S.HI/c1-5-21-20(22-12-11-19-23-14-16(2)26-19)24-15-18(25(3)4)13-17-9-7-6-8-10-17;/h6-10,14,18H,5,11-13,15H2,1-4H3,(H2,21,22,24);1H. The monoisotopic (exact) mass is 501 g/mol. The van der Waals surface area contributed by atoms with Gasteiger partial charge in [-0.25, -0.2) is 4.98 Å². The topological polar surface area (TPSA) is 52.6 Å². The first kappa shape index (κ1) is 23.8. The van der Waals surface area contributed by atoms with Gasteiger partial charge in [-0.05, 0) is 39.9 Å². The molecular formula is C20H32IN5S. The molecule has 0 fully saturated rings. The van der Waals surface area contributed by atoms with Crippen molar-refractivity contribution in [3.63, 3.8) is 0 Å². The highest BCUT2D eigenvalue weighted by Gasteiger charge is 2.12. The van der Waals surface area contributed by atoms with E-state index in [0.29, 0.717) is 6.04 Å². The van der Waals surface area contributed by atoms with Crippen molar-refractivity contribution in [1.82, 2.24) is 20.5 Å². The molecule has 1 atom stereocenters. The molecule has 150 valence electrons. The van der Waals surface area contributed by atoms with E-state index in [2.05, 4.69) is 78.8 Å². The van der Waals surface area contributed by atoms with Crippen LogP contribution in [0.15, 0.2) is 41.5 Å². The summed E-state index contributed by atoms with van der Waals surface area (Å²) < 4.78 is 0.